The molecule has 0 bridgehead atoms. The molecule has 74 valence electrons. The molecule has 2 saturated carbocycles. The lowest BCUT2D eigenvalue weighted by molar-refractivity contribution is -0.129. The van der Waals surface area contributed by atoms with Crippen molar-refractivity contribution in [2.75, 3.05) is 0 Å². The van der Waals surface area contributed by atoms with Crippen LogP contribution in [0.25, 0.3) is 0 Å². The molecule has 0 radical (unpaired) electrons. The minimum Gasteiger partial charge on any atom is -0.300 e. The molecule has 0 saturated heterocycles. The van der Waals surface area contributed by atoms with E-state index in [-0.39, 0.29) is 0 Å². The van der Waals surface area contributed by atoms with Crippen LogP contribution in [0.3, 0.4) is 0 Å². The average Bonchev–Trinajstić information content (AvgIpc) is 2.07. The lowest BCUT2D eigenvalue weighted by Crippen LogP contribution is -2.42. The highest BCUT2D eigenvalue weighted by atomic mass is 16.1. The maximum absolute atomic E-state index is 11.5. The standard InChI is InChI=1S/C12H20O/c1-9-4-3-5-10-6-7-11(13)8-12(9,10)2/h9-10H,3-8H2,1-2H3/t9-,10-,12-/m1/s1. The Hall–Kier alpha value is -0.330. The maximum Gasteiger partial charge on any atom is 0.133 e. The van der Waals surface area contributed by atoms with Crippen LogP contribution < -0.4 is 0 Å². The van der Waals surface area contributed by atoms with Gasteiger partial charge < -0.3 is 0 Å². The molecule has 1 nitrogen and oxygen atoms in total. The van der Waals surface area contributed by atoms with E-state index < -0.39 is 0 Å². The first kappa shape index (κ1) is 9.23. The number of carbonyl (C=O) groups is 1. The van der Waals surface area contributed by atoms with Crippen molar-refractivity contribution in [3.63, 3.8) is 0 Å². The fourth-order valence-corrected chi connectivity index (χ4v) is 3.37. The zero-order valence-electron chi connectivity index (χ0n) is 8.81. The van der Waals surface area contributed by atoms with Crippen LogP contribution >= 0.6 is 0 Å². The second-order valence-electron chi connectivity index (χ2n) is 5.29. The first-order valence-corrected chi connectivity index (χ1v) is 5.64. The Bertz CT molecular complexity index is 221. The molecule has 0 unspecified atom stereocenters. The van der Waals surface area contributed by atoms with Gasteiger partial charge in [-0.25, -0.2) is 0 Å². The highest BCUT2D eigenvalue weighted by molar-refractivity contribution is 5.80. The summed E-state index contributed by atoms with van der Waals surface area (Å²) in [7, 11) is 0. The second kappa shape index (κ2) is 3.11. The van der Waals surface area contributed by atoms with Gasteiger partial charge in [0.2, 0.25) is 0 Å². The van der Waals surface area contributed by atoms with Gasteiger partial charge in [-0.1, -0.05) is 26.7 Å². The van der Waals surface area contributed by atoms with Gasteiger partial charge in [-0.2, -0.15) is 0 Å². The number of carbonyl (C=O) groups excluding carboxylic acids is 1. The van der Waals surface area contributed by atoms with Crippen LogP contribution in [0.1, 0.15) is 52.4 Å². The highest BCUT2D eigenvalue weighted by Gasteiger charge is 2.45. The molecule has 0 spiro atoms. The quantitative estimate of drug-likeness (QED) is 0.559. The summed E-state index contributed by atoms with van der Waals surface area (Å²) in [5, 5.41) is 0. The monoisotopic (exact) mass is 180 g/mol. The Balaban J connectivity index is 2.20. The molecule has 2 aliphatic carbocycles. The number of fused-ring (bicyclic) bond motifs is 1. The van der Waals surface area contributed by atoms with Gasteiger partial charge in [0, 0.05) is 12.8 Å². The van der Waals surface area contributed by atoms with Crippen LogP contribution in [0.15, 0.2) is 0 Å². The van der Waals surface area contributed by atoms with E-state index in [4.69, 9.17) is 0 Å². The molecular formula is C12H20O. The summed E-state index contributed by atoms with van der Waals surface area (Å²) in [6.07, 6.45) is 6.97. The van der Waals surface area contributed by atoms with Gasteiger partial charge in [0.1, 0.15) is 5.78 Å². The van der Waals surface area contributed by atoms with Gasteiger partial charge in [0.25, 0.3) is 0 Å². The van der Waals surface area contributed by atoms with Gasteiger partial charge in [-0.3, -0.25) is 4.79 Å². The zero-order valence-corrected chi connectivity index (χ0v) is 8.81. The van der Waals surface area contributed by atoms with E-state index in [1.165, 1.54) is 25.7 Å². The average molecular weight is 180 g/mol. The van der Waals surface area contributed by atoms with Gasteiger partial charge >= 0.3 is 0 Å². The van der Waals surface area contributed by atoms with Crippen molar-refractivity contribution < 1.29 is 4.79 Å². The molecule has 0 aromatic rings. The molecule has 0 N–H and O–H groups in total. The van der Waals surface area contributed by atoms with E-state index in [9.17, 15) is 4.79 Å². The molecule has 0 aromatic heterocycles. The van der Waals surface area contributed by atoms with E-state index in [0.717, 1.165) is 24.7 Å². The van der Waals surface area contributed by atoms with Crippen molar-refractivity contribution in [3.8, 4) is 0 Å². The molecule has 1 heteroatoms. The molecular weight excluding hydrogens is 160 g/mol. The molecule has 2 rings (SSSR count). The largest absolute Gasteiger partial charge is 0.300 e. The van der Waals surface area contributed by atoms with Gasteiger partial charge in [-0.15, -0.1) is 0 Å². The third kappa shape index (κ3) is 1.43. The fourth-order valence-electron chi connectivity index (χ4n) is 3.37. The lowest BCUT2D eigenvalue weighted by atomic mass is 9.56. The van der Waals surface area contributed by atoms with E-state index in [0.29, 0.717) is 11.2 Å². The molecule has 0 amide bonds. The van der Waals surface area contributed by atoms with Crippen LogP contribution in [0, 0.1) is 17.3 Å². The SMILES string of the molecule is C[C@@H]1CCC[C@@H]2CCC(=O)C[C@@]21C. The van der Waals surface area contributed by atoms with Crippen LogP contribution in [-0.2, 0) is 4.79 Å². The third-order valence-corrected chi connectivity index (χ3v) is 4.60. The molecule has 0 heterocycles. The molecule has 0 aromatic carbocycles. The predicted octanol–water partition coefficient (Wildman–Crippen LogP) is 3.18. The molecule has 2 aliphatic rings. The van der Waals surface area contributed by atoms with Crippen molar-refractivity contribution in [3.05, 3.63) is 0 Å². The van der Waals surface area contributed by atoms with Gasteiger partial charge in [0.15, 0.2) is 0 Å². The summed E-state index contributed by atoms with van der Waals surface area (Å²) in [6.45, 7) is 4.68. The Morgan fingerprint density at radius 2 is 2.08 bits per heavy atom. The topological polar surface area (TPSA) is 17.1 Å². The fraction of sp³-hybridized carbons (Fsp3) is 0.917. The number of hydrogen-bond acceptors (Lipinski definition) is 1. The van der Waals surface area contributed by atoms with E-state index >= 15 is 0 Å². The Kier molecular flexibility index (Phi) is 2.21. The maximum atomic E-state index is 11.5. The summed E-state index contributed by atoms with van der Waals surface area (Å²) >= 11 is 0. The van der Waals surface area contributed by atoms with E-state index in [1.807, 2.05) is 0 Å². The molecule has 3 atom stereocenters. The summed E-state index contributed by atoms with van der Waals surface area (Å²) < 4.78 is 0. The number of rotatable bonds is 0. The Morgan fingerprint density at radius 1 is 1.31 bits per heavy atom. The van der Waals surface area contributed by atoms with Crippen molar-refractivity contribution in [2.45, 2.75) is 52.4 Å². The normalized spacial score (nSPS) is 45.8. The van der Waals surface area contributed by atoms with E-state index in [1.54, 1.807) is 0 Å². The minimum absolute atomic E-state index is 0.355. The van der Waals surface area contributed by atoms with Gasteiger partial charge in [0.05, 0.1) is 0 Å². The number of hydrogen-bond donors (Lipinski definition) is 0. The predicted molar refractivity (Wildman–Crippen MR) is 53.5 cm³/mol. The van der Waals surface area contributed by atoms with E-state index in [2.05, 4.69) is 13.8 Å². The molecule has 13 heavy (non-hydrogen) atoms. The first-order valence-electron chi connectivity index (χ1n) is 5.64. The summed E-state index contributed by atoms with van der Waals surface area (Å²) in [5.41, 5.74) is 0.355. The highest BCUT2D eigenvalue weighted by Crippen LogP contribution is 2.52. The Morgan fingerprint density at radius 3 is 2.85 bits per heavy atom. The Labute approximate surface area is 80.9 Å². The minimum atomic E-state index is 0.355. The smallest absolute Gasteiger partial charge is 0.133 e. The van der Waals surface area contributed by atoms with Gasteiger partial charge in [-0.05, 0) is 30.1 Å². The van der Waals surface area contributed by atoms with Crippen LogP contribution in [-0.4, -0.2) is 5.78 Å². The van der Waals surface area contributed by atoms with Crippen molar-refractivity contribution >= 4 is 5.78 Å². The summed E-state index contributed by atoms with van der Waals surface area (Å²) in [6, 6.07) is 0. The zero-order chi connectivity index (χ0) is 9.47. The van der Waals surface area contributed by atoms with Crippen LogP contribution in [0.2, 0.25) is 0 Å². The summed E-state index contributed by atoms with van der Waals surface area (Å²) in [4.78, 5) is 11.5. The van der Waals surface area contributed by atoms with Crippen molar-refractivity contribution in [1.82, 2.24) is 0 Å². The molecule has 0 aliphatic heterocycles. The van der Waals surface area contributed by atoms with Crippen molar-refractivity contribution in [1.29, 1.82) is 0 Å². The molecule has 2 fully saturated rings. The van der Waals surface area contributed by atoms with Crippen LogP contribution in [0.4, 0.5) is 0 Å². The second-order valence-corrected chi connectivity index (χ2v) is 5.29. The number of ketones is 1. The first-order chi connectivity index (χ1) is 6.13. The third-order valence-electron chi connectivity index (χ3n) is 4.60. The van der Waals surface area contributed by atoms with Crippen molar-refractivity contribution in [2.24, 2.45) is 17.3 Å². The van der Waals surface area contributed by atoms with Crippen LogP contribution in [0.5, 0.6) is 0 Å². The summed E-state index contributed by atoms with van der Waals surface area (Å²) in [5.74, 6) is 2.11. The number of Topliss-reactive ketones (excluding diaryl/α,β-unsaturated/α-hetero) is 1. The lowest BCUT2D eigenvalue weighted by Gasteiger charge is -2.48.